The predicted molar refractivity (Wildman–Crippen MR) is 79.1 cm³/mol. The first-order valence-electron chi connectivity index (χ1n) is 7.47. The van der Waals surface area contributed by atoms with Crippen LogP contribution in [0.15, 0.2) is 24.3 Å². The van der Waals surface area contributed by atoms with Gasteiger partial charge >= 0.3 is 11.9 Å². The lowest BCUT2D eigenvalue weighted by Crippen LogP contribution is -2.39. The van der Waals surface area contributed by atoms with Crippen LogP contribution >= 0.6 is 0 Å². The number of fused-ring (bicyclic) bond motifs is 1. The summed E-state index contributed by atoms with van der Waals surface area (Å²) in [6, 6.07) is 8.11. The average Bonchev–Trinajstić information content (AvgIpc) is 2.47. The molecule has 4 nitrogen and oxygen atoms in total. The van der Waals surface area contributed by atoms with Gasteiger partial charge in [-0.15, -0.1) is 0 Å². The summed E-state index contributed by atoms with van der Waals surface area (Å²) in [4.78, 5) is 23.7. The van der Waals surface area contributed by atoms with Crippen molar-refractivity contribution in [1.29, 1.82) is 0 Å². The van der Waals surface area contributed by atoms with Crippen molar-refractivity contribution in [2.75, 3.05) is 6.61 Å². The molecule has 4 heteroatoms. The number of hydrogen-bond acceptors (Lipinski definition) is 3. The molecule has 0 fully saturated rings. The van der Waals surface area contributed by atoms with Crippen LogP contribution in [0, 0.1) is 5.41 Å². The molecule has 0 amide bonds. The molecule has 2 rings (SSSR count). The Bertz CT molecular complexity index is 537. The first kappa shape index (κ1) is 15.5. The van der Waals surface area contributed by atoms with E-state index in [4.69, 9.17) is 4.74 Å². The largest absolute Gasteiger partial charge is 0.480 e. The van der Waals surface area contributed by atoms with Crippen molar-refractivity contribution in [3.63, 3.8) is 0 Å². The van der Waals surface area contributed by atoms with Gasteiger partial charge < -0.3 is 9.84 Å². The molecule has 1 aromatic rings. The van der Waals surface area contributed by atoms with Gasteiger partial charge in [-0.25, -0.2) is 0 Å². The van der Waals surface area contributed by atoms with Gasteiger partial charge in [-0.2, -0.15) is 0 Å². The molecule has 1 N–H and O–H groups in total. The van der Waals surface area contributed by atoms with Crippen LogP contribution in [-0.2, 0) is 20.7 Å². The van der Waals surface area contributed by atoms with Gasteiger partial charge in [-0.3, -0.25) is 9.59 Å². The number of aryl methyl sites for hydroxylation is 1. The zero-order chi connectivity index (χ0) is 15.5. The van der Waals surface area contributed by atoms with Crippen LogP contribution in [0.25, 0.3) is 0 Å². The number of ether oxygens (including phenoxy) is 1. The number of carbonyl (C=O) groups excluding carboxylic acids is 1. The molecule has 0 bridgehead atoms. The highest BCUT2D eigenvalue weighted by Gasteiger charge is 2.45. The van der Waals surface area contributed by atoms with E-state index >= 15 is 0 Å². The van der Waals surface area contributed by atoms with Gasteiger partial charge in [0, 0.05) is 0 Å². The zero-order valence-electron chi connectivity index (χ0n) is 12.6. The summed E-state index contributed by atoms with van der Waals surface area (Å²) in [7, 11) is 0. The van der Waals surface area contributed by atoms with Crippen molar-refractivity contribution >= 4 is 11.9 Å². The second-order valence-electron chi connectivity index (χ2n) is 5.85. The van der Waals surface area contributed by atoms with Crippen molar-refractivity contribution in [2.24, 2.45) is 5.41 Å². The van der Waals surface area contributed by atoms with E-state index in [0.717, 1.165) is 19.3 Å². The van der Waals surface area contributed by atoms with Crippen LogP contribution in [0.1, 0.15) is 50.2 Å². The van der Waals surface area contributed by atoms with Gasteiger partial charge in [-0.1, -0.05) is 24.3 Å². The summed E-state index contributed by atoms with van der Waals surface area (Å²) in [6.07, 6.45) is 3.26. The lowest BCUT2D eigenvalue weighted by Gasteiger charge is -2.31. The molecule has 1 aliphatic carbocycles. The van der Waals surface area contributed by atoms with Gasteiger partial charge in [-0.05, 0) is 56.6 Å². The molecular weight excluding hydrogens is 268 g/mol. The summed E-state index contributed by atoms with van der Waals surface area (Å²) < 4.78 is 4.98. The number of carboxylic acid groups (broad SMARTS) is 1. The van der Waals surface area contributed by atoms with Crippen LogP contribution in [0.2, 0.25) is 0 Å². The molecule has 0 saturated carbocycles. The van der Waals surface area contributed by atoms with Crippen molar-refractivity contribution in [3.05, 3.63) is 35.4 Å². The highest BCUT2D eigenvalue weighted by molar-refractivity contribution is 5.98. The second-order valence-corrected chi connectivity index (χ2v) is 5.85. The third kappa shape index (κ3) is 3.09. The third-order valence-electron chi connectivity index (χ3n) is 4.35. The van der Waals surface area contributed by atoms with E-state index in [1.807, 2.05) is 18.2 Å². The maximum absolute atomic E-state index is 12.1. The number of carbonyl (C=O) groups is 2. The number of rotatable bonds is 5. The highest BCUT2D eigenvalue weighted by Crippen LogP contribution is 2.40. The number of hydrogen-bond donors (Lipinski definition) is 1. The van der Waals surface area contributed by atoms with E-state index in [0.29, 0.717) is 0 Å². The van der Waals surface area contributed by atoms with Gasteiger partial charge in [0.1, 0.15) is 0 Å². The quantitative estimate of drug-likeness (QED) is 0.668. The maximum Gasteiger partial charge on any atom is 0.323 e. The first-order valence-corrected chi connectivity index (χ1v) is 7.47. The summed E-state index contributed by atoms with van der Waals surface area (Å²) in [5.41, 5.74) is 0.969. The average molecular weight is 290 g/mol. The minimum Gasteiger partial charge on any atom is -0.480 e. The Hall–Kier alpha value is -1.84. The van der Waals surface area contributed by atoms with Crippen LogP contribution < -0.4 is 0 Å². The molecule has 1 aromatic carbocycles. The Labute approximate surface area is 125 Å². The van der Waals surface area contributed by atoms with Gasteiger partial charge in [0.15, 0.2) is 5.41 Å². The number of carboxylic acids is 1. The highest BCUT2D eigenvalue weighted by atomic mass is 16.5. The number of esters is 1. The van der Waals surface area contributed by atoms with E-state index in [2.05, 4.69) is 6.07 Å². The molecule has 1 aliphatic rings. The van der Waals surface area contributed by atoms with E-state index < -0.39 is 17.4 Å². The van der Waals surface area contributed by atoms with Crippen molar-refractivity contribution in [1.82, 2.24) is 0 Å². The molecular formula is C17H22O4. The molecule has 21 heavy (non-hydrogen) atoms. The minimum atomic E-state index is -1.48. The monoisotopic (exact) mass is 290 g/mol. The molecule has 0 saturated heterocycles. The molecule has 0 radical (unpaired) electrons. The summed E-state index contributed by atoms with van der Waals surface area (Å²) in [6.45, 7) is 3.36. The SMILES string of the molecule is CCOC(=O)C(C)(CC1CCCc2ccccc21)C(=O)O. The predicted octanol–water partition coefficient (Wildman–Crippen LogP) is 3.15. The standard InChI is InChI=1S/C17H22O4/c1-3-21-16(20)17(2,15(18)19)11-13-9-6-8-12-7-4-5-10-14(12)13/h4-5,7,10,13H,3,6,8-9,11H2,1-2H3,(H,18,19). The molecule has 0 spiro atoms. The van der Waals surface area contributed by atoms with Gasteiger partial charge in [0.05, 0.1) is 6.61 Å². The van der Waals surface area contributed by atoms with Gasteiger partial charge in [0.25, 0.3) is 0 Å². The van der Waals surface area contributed by atoms with Crippen molar-refractivity contribution in [2.45, 2.75) is 45.4 Å². The lowest BCUT2D eigenvalue weighted by atomic mass is 9.73. The molecule has 0 aliphatic heterocycles. The Balaban J connectivity index is 2.26. The summed E-state index contributed by atoms with van der Waals surface area (Å²) in [5.74, 6) is -1.65. The Kier molecular flexibility index (Phi) is 4.66. The zero-order valence-corrected chi connectivity index (χ0v) is 12.6. The van der Waals surface area contributed by atoms with Crippen LogP contribution in [-0.4, -0.2) is 23.7 Å². The van der Waals surface area contributed by atoms with Gasteiger partial charge in [0.2, 0.25) is 0 Å². The Morgan fingerprint density at radius 1 is 1.38 bits per heavy atom. The molecule has 114 valence electrons. The normalized spacial score (nSPS) is 20.2. The molecule has 0 aromatic heterocycles. The Morgan fingerprint density at radius 2 is 2.10 bits per heavy atom. The molecule has 2 unspecified atom stereocenters. The molecule has 0 heterocycles. The molecule has 2 atom stereocenters. The van der Waals surface area contributed by atoms with Crippen LogP contribution in [0.4, 0.5) is 0 Å². The fourth-order valence-corrected chi connectivity index (χ4v) is 3.11. The van der Waals surface area contributed by atoms with Crippen LogP contribution in [0.5, 0.6) is 0 Å². The summed E-state index contributed by atoms with van der Waals surface area (Å²) >= 11 is 0. The van der Waals surface area contributed by atoms with E-state index in [-0.39, 0.29) is 18.9 Å². The first-order chi connectivity index (χ1) is 9.99. The van der Waals surface area contributed by atoms with Crippen molar-refractivity contribution in [3.8, 4) is 0 Å². The smallest absolute Gasteiger partial charge is 0.323 e. The van der Waals surface area contributed by atoms with E-state index in [1.54, 1.807) is 6.92 Å². The second kappa shape index (κ2) is 6.29. The summed E-state index contributed by atoms with van der Waals surface area (Å²) in [5, 5.41) is 9.51. The fourth-order valence-electron chi connectivity index (χ4n) is 3.11. The third-order valence-corrected chi connectivity index (χ3v) is 4.35. The lowest BCUT2D eigenvalue weighted by molar-refractivity contribution is -0.168. The topological polar surface area (TPSA) is 63.6 Å². The minimum absolute atomic E-state index is 0.0976. The van der Waals surface area contributed by atoms with E-state index in [9.17, 15) is 14.7 Å². The Morgan fingerprint density at radius 3 is 2.76 bits per heavy atom. The number of aliphatic carboxylic acids is 1. The van der Waals surface area contributed by atoms with Crippen LogP contribution in [0.3, 0.4) is 0 Å². The van der Waals surface area contributed by atoms with Crippen molar-refractivity contribution < 1.29 is 19.4 Å². The fraction of sp³-hybridized carbons (Fsp3) is 0.529. The maximum atomic E-state index is 12.1. The number of benzene rings is 1. The van der Waals surface area contributed by atoms with E-state index in [1.165, 1.54) is 18.1 Å².